The lowest BCUT2D eigenvalue weighted by Gasteiger charge is -2.17. The fourth-order valence-corrected chi connectivity index (χ4v) is 2.55. The van der Waals surface area contributed by atoms with Crippen LogP contribution in [0.3, 0.4) is 0 Å². The first-order valence-electron chi connectivity index (χ1n) is 6.82. The minimum Gasteiger partial charge on any atom is -0.428 e. The van der Waals surface area contributed by atoms with Crippen LogP contribution in [-0.2, 0) is 6.42 Å². The zero-order chi connectivity index (χ0) is 15.0. The van der Waals surface area contributed by atoms with E-state index in [1.807, 2.05) is 24.3 Å². The lowest BCUT2D eigenvalue weighted by molar-refractivity contribution is 0.144. The maximum Gasteiger partial charge on any atom is 0.323 e. The number of fused-ring (bicyclic) bond motifs is 1. The molecule has 3 N–H and O–H groups in total. The lowest BCUT2D eigenvalue weighted by atomic mass is 10.1. The molecule has 1 aromatic heterocycles. The van der Waals surface area contributed by atoms with Crippen LogP contribution < -0.4 is 10.6 Å². The van der Waals surface area contributed by atoms with E-state index < -0.39 is 18.2 Å². The topological polar surface area (TPSA) is 87.4 Å². The molecular formula is C15H17N3O3. The minimum atomic E-state index is -0.624. The maximum atomic E-state index is 12.0. The van der Waals surface area contributed by atoms with Crippen molar-refractivity contribution < 1.29 is 14.3 Å². The number of nitrogens with zero attached hydrogens (tertiary/aromatic N) is 1. The molecule has 1 aliphatic rings. The number of amides is 2. The van der Waals surface area contributed by atoms with Gasteiger partial charge in [0, 0.05) is 6.42 Å². The zero-order valence-electron chi connectivity index (χ0n) is 11.9. The van der Waals surface area contributed by atoms with E-state index in [9.17, 15) is 9.90 Å². The maximum absolute atomic E-state index is 12.0. The molecule has 6 heteroatoms. The largest absolute Gasteiger partial charge is 0.428 e. The van der Waals surface area contributed by atoms with Gasteiger partial charge >= 0.3 is 12.0 Å². The second-order valence-electron chi connectivity index (χ2n) is 5.21. The van der Waals surface area contributed by atoms with Crippen molar-refractivity contribution in [2.45, 2.75) is 32.4 Å². The van der Waals surface area contributed by atoms with E-state index in [4.69, 9.17) is 4.42 Å². The standard InChI is InChI=1S/C15H17N3O3/c1-8-9(2)21-15(16-8)18-14(20)17-13-11-6-4-3-5-10(11)7-12(13)19/h3-6,12-13,19H,7H2,1-2H3,(H2,16,17,18,20)/t12-,13+/m0/s1. The van der Waals surface area contributed by atoms with Crippen LogP contribution in [0.2, 0.25) is 0 Å². The molecule has 2 amide bonds. The summed E-state index contributed by atoms with van der Waals surface area (Å²) in [7, 11) is 0. The molecule has 0 saturated heterocycles. The van der Waals surface area contributed by atoms with Gasteiger partial charge in [-0.3, -0.25) is 5.32 Å². The Morgan fingerprint density at radius 1 is 1.38 bits per heavy atom. The van der Waals surface area contributed by atoms with Gasteiger partial charge < -0.3 is 14.8 Å². The van der Waals surface area contributed by atoms with Gasteiger partial charge in [-0.1, -0.05) is 24.3 Å². The van der Waals surface area contributed by atoms with Crippen molar-refractivity contribution in [2.75, 3.05) is 5.32 Å². The first-order valence-corrected chi connectivity index (χ1v) is 6.82. The number of anilines is 1. The highest BCUT2D eigenvalue weighted by atomic mass is 16.4. The molecule has 1 aliphatic carbocycles. The number of oxazole rings is 1. The smallest absolute Gasteiger partial charge is 0.323 e. The molecule has 0 spiro atoms. The van der Waals surface area contributed by atoms with Gasteiger partial charge in [-0.15, -0.1) is 0 Å². The van der Waals surface area contributed by atoms with Crippen LogP contribution in [0.25, 0.3) is 0 Å². The van der Waals surface area contributed by atoms with E-state index in [0.29, 0.717) is 12.2 Å². The van der Waals surface area contributed by atoms with Gasteiger partial charge in [0.15, 0.2) is 0 Å². The first-order chi connectivity index (χ1) is 10.0. The molecule has 1 heterocycles. The van der Waals surface area contributed by atoms with Gasteiger partial charge in [0.1, 0.15) is 5.76 Å². The molecule has 0 bridgehead atoms. The first kappa shape index (κ1) is 13.6. The van der Waals surface area contributed by atoms with Crippen molar-refractivity contribution in [2.24, 2.45) is 0 Å². The number of carbonyl (C=O) groups is 1. The third kappa shape index (κ3) is 2.62. The summed E-state index contributed by atoms with van der Waals surface area (Å²) in [5.74, 6) is 0.663. The van der Waals surface area contributed by atoms with Crippen molar-refractivity contribution >= 4 is 12.0 Å². The zero-order valence-corrected chi connectivity index (χ0v) is 11.9. The molecule has 110 valence electrons. The fourth-order valence-electron chi connectivity index (χ4n) is 2.55. The number of urea groups is 1. The second-order valence-corrected chi connectivity index (χ2v) is 5.21. The third-order valence-corrected chi connectivity index (χ3v) is 3.74. The number of aliphatic hydroxyl groups is 1. The average Bonchev–Trinajstić information content (AvgIpc) is 2.91. The van der Waals surface area contributed by atoms with Crippen LogP contribution >= 0.6 is 0 Å². The molecule has 0 fully saturated rings. The average molecular weight is 287 g/mol. The van der Waals surface area contributed by atoms with Crippen LogP contribution in [0.5, 0.6) is 0 Å². The number of hydrogen-bond acceptors (Lipinski definition) is 4. The van der Waals surface area contributed by atoms with Crippen LogP contribution in [0.4, 0.5) is 10.8 Å². The van der Waals surface area contributed by atoms with E-state index in [0.717, 1.165) is 16.8 Å². The lowest BCUT2D eigenvalue weighted by Crippen LogP contribution is -2.36. The molecule has 3 rings (SSSR count). The molecule has 2 atom stereocenters. The molecule has 2 aromatic rings. The molecule has 1 aromatic carbocycles. The van der Waals surface area contributed by atoms with Crippen LogP contribution in [0.15, 0.2) is 28.7 Å². The highest BCUT2D eigenvalue weighted by Crippen LogP contribution is 2.31. The summed E-state index contributed by atoms with van der Waals surface area (Å²) in [5, 5.41) is 15.4. The Labute approximate surface area is 122 Å². The molecule has 0 aliphatic heterocycles. The Kier molecular flexibility index (Phi) is 3.39. The fraction of sp³-hybridized carbons (Fsp3) is 0.333. The van der Waals surface area contributed by atoms with E-state index in [-0.39, 0.29) is 6.01 Å². The van der Waals surface area contributed by atoms with Crippen molar-refractivity contribution in [3.8, 4) is 0 Å². The van der Waals surface area contributed by atoms with Crippen molar-refractivity contribution in [1.82, 2.24) is 10.3 Å². The van der Waals surface area contributed by atoms with Gasteiger partial charge in [0.2, 0.25) is 0 Å². The van der Waals surface area contributed by atoms with Crippen LogP contribution in [0, 0.1) is 13.8 Å². The number of aryl methyl sites for hydroxylation is 2. The van der Waals surface area contributed by atoms with Crippen LogP contribution in [-0.4, -0.2) is 22.2 Å². The number of aromatic nitrogens is 1. The molecule has 21 heavy (non-hydrogen) atoms. The van der Waals surface area contributed by atoms with Crippen molar-refractivity contribution in [3.05, 3.63) is 46.8 Å². The predicted octanol–water partition coefficient (Wildman–Crippen LogP) is 2.07. The van der Waals surface area contributed by atoms with Crippen molar-refractivity contribution in [3.63, 3.8) is 0 Å². The Balaban J connectivity index is 1.70. The monoisotopic (exact) mass is 287 g/mol. The second kappa shape index (κ2) is 5.21. The number of carbonyl (C=O) groups excluding carboxylic acids is 1. The summed E-state index contributed by atoms with van der Waals surface area (Å²) >= 11 is 0. The molecule has 6 nitrogen and oxygen atoms in total. The van der Waals surface area contributed by atoms with E-state index >= 15 is 0 Å². The Hall–Kier alpha value is -2.34. The number of hydrogen-bond donors (Lipinski definition) is 3. The van der Waals surface area contributed by atoms with Gasteiger partial charge in [0.25, 0.3) is 0 Å². The Morgan fingerprint density at radius 3 is 2.86 bits per heavy atom. The summed E-state index contributed by atoms with van der Waals surface area (Å²) in [4.78, 5) is 16.1. The Morgan fingerprint density at radius 2 is 2.14 bits per heavy atom. The minimum absolute atomic E-state index is 0.156. The molecular weight excluding hydrogens is 270 g/mol. The summed E-state index contributed by atoms with van der Waals surface area (Å²) in [5.41, 5.74) is 2.73. The molecule has 0 radical (unpaired) electrons. The number of benzene rings is 1. The normalized spacial score (nSPS) is 20.1. The predicted molar refractivity (Wildman–Crippen MR) is 77.0 cm³/mol. The highest BCUT2D eigenvalue weighted by molar-refractivity contribution is 5.87. The van der Waals surface area contributed by atoms with E-state index in [1.165, 1.54) is 0 Å². The van der Waals surface area contributed by atoms with Gasteiger partial charge in [-0.25, -0.2) is 4.79 Å². The van der Waals surface area contributed by atoms with E-state index in [1.54, 1.807) is 13.8 Å². The van der Waals surface area contributed by atoms with Crippen molar-refractivity contribution in [1.29, 1.82) is 0 Å². The molecule has 0 saturated carbocycles. The molecule has 0 unspecified atom stereocenters. The van der Waals surface area contributed by atoms with E-state index in [2.05, 4.69) is 15.6 Å². The quantitative estimate of drug-likeness (QED) is 0.789. The third-order valence-electron chi connectivity index (χ3n) is 3.74. The SMILES string of the molecule is Cc1nc(NC(=O)N[C@@H]2c3ccccc3C[C@@H]2O)oc1C. The summed E-state index contributed by atoms with van der Waals surface area (Å²) < 4.78 is 5.30. The summed E-state index contributed by atoms with van der Waals surface area (Å²) in [6.07, 6.45) is -0.0839. The van der Waals surface area contributed by atoms with Gasteiger partial charge in [-0.05, 0) is 25.0 Å². The number of rotatable bonds is 2. The number of nitrogens with one attached hydrogen (secondary N) is 2. The van der Waals surface area contributed by atoms with Gasteiger partial charge in [0.05, 0.1) is 17.8 Å². The highest BCUT2D eigenvalue weighted by Gasteiger charge is 2.32. The number of aliphatic hydroxyl groups excluding tert-OH is 1. The van der Waals surface area contributed by atoms with Gasteiger partial charge in [-0.2, -0.15) is 4.98 Å². The summed E-state index contributed by atoms with van der Waals surface area (Å²) in [6.45, 7) is 3.58. The Bertz CT molecular complexity index is 661. The summed E-state index contributed by atoms with van der Waals surface area (Å²) in [6, 6.07) is 6.98. The van der Waals surface area contributed by atoms with Crippen LogP contribution in [0.1, 0.15) is 28.6 Å².